The Morgan fingerprint density at radius 2 is 2.08 bits per heavy atom. The molecule has 0 amide bonds. The summed E-state index contributed by atoms with van der Waals surface area (Å²) in [5.74, 6) is 1.35. The molecule has 1 rings (SSSR count). The highest BCUT2D eigenvalue weighted by atomic mass is 16.5. The average molecular weight is 179 g/mol. The lowest BCUT2D eigenvalue weighted by atomic mass is 10.0. The average Bonchev–Trinajstić information content (AvgIpc) is 2.08. The van der Waals surface area contributed by atoms with Gasteiger partial charge in [-0.3, -0.25) is 0 Å². The Bertz CT molecular complexity index is 281. The number of anilines is 1. The Kier molecular flexibility index (Phi) is 3.18. The van der Waals surface area contributed by atoms with E-state index in [1.54, 1.807) is 0 Å². The topological polar surface area (TPSA) is 35.2 Å². The SMILES string of the molecule is CCOc1ccc(N)c(C(C)C)c1. The van der Waals surface area contributed by atoms with Crippen molar-refractivity contribution in [2.24, 2.45) is 0 Å². The molecule has 0 bridgehead atoms. The van der Waals surface area contributed by atoms with Crippen LogP contribution >= 0.6 is 0 Å². The van der Waals surface area contributed by atoms with E-state index in [4.69, 9.17) is 10.5 Å². The molecule has 0 aromatic heterocycles. The first-order valence-corrected chi connectivity index (χ1v) is 4.67. The number of benzene rings is 1. The second-order valence-corrected chi connectivity index (χ2v) is 3.38. The zero-order chi connectivity index (χ0) is 9.84. The Hall–Kier alpha value is -1.18. The Labute approximate surface area is 79.7 Å². The molecule has 0 atom stereocenters. The molecule has 0 unspecified atom stereocenters. The van der Waals surface area contributed by atoms with Crippen molar-refractivity contribution in [3.63, 3.8) is 0 Å². The van der Waals surface area contributed by atoms with Crippen LogP contribution in [0.5, 0.6) is 5.75 Å². The summed E-state index contributed by atoms with van der Waals surface area (Å²) in [6, 6.07) is 5.83. The maximum absolute atomic E-state index is 5.83. The van der Waals surface area contributed by atoms with Crippen LogP contribution in [0, 0.1) is 0 Å². The minimum atomic E-state index is 0.445. The summed E-state index contributed by atoms with van der Waals surface area (Å²) < 4.78 is 5.40. The molecule has 72 valence electrons. The van der Waals surface area contributed by atoms with Crippen molar-refractivity contribution >= 4 is 5.69 Å². The van der Waals surface area contributed by atoms with Gasteiger partial charge in [0, 0.05) is 5.69 Å². The summed E-state index contributed by atoms with van der Waals surface area (Å²) in [5.41, 5.74) is 7.84. The van der Waals surface area contributed by atoms with Crippen molar-refractivity contribution in [2.75, 3.05) is 12.3 Å². The number of nitrogens with two attached hydrogens (primary N) is 1. The molecule has 1 aromatic carbocycles. The van der Waals surface area contributed by atoms with Gasteiger partial charge in [-0.2, -0.15) is 0 Å². The van der Waals surface area contributed by atoms with E-state index in [0.29, 0.717) is 12.5 Å². The molecule has 0 spiro atoms. The van der Waals surface area contributed by atoms with Gasteiger partial charge in [-0.05, 0) is 36.6 Å². The predicted octanol–water partition coefficient (Wildman–Crippen LogP) is 2.79. The fourth-order valence-corrected chi connectivity index (χ4v) is 1.31. The van der Waals surface area contributed by atoms with Crippen LogP contribution in [0.3, 0.4) is 0 Å². The number of nitrogen functional groups attached to an aromatic ring is 1. The van der Waals surface area contributed by atoms with Crippen molar-refractivity contribution < 1.29 is 4.74 Å². The molecule has 0 aliphatic heterocycles. The van der Waals surface area contributed by atoms with Gasteiger partial charge < -0.3 is 10.5 Å². The summed E-state index contributed by atoms with van der Waals surface area (Å²) in [6.07, 6.45) is 0. The molecule has 0 fully saturated rings. The largest absolute Gasteiger partial charge is 0.494 e. The number of hydrogen-bond donors (Lipinski definition) is 1. The molecule has 2 N–H and O–H groups in total. The van der Waals surface area contributed by atoms with Crippen LogP contribution in [0.1, 0.15) is 32.3 Å². The van der Waals surface area contributed by atoms with Gasteiger partial charge in [0.05, 0.1) is 6.61 Å². The van der Waals surface area contributed by atoms with Crippen LogP contribution in [-0.2, 0) is 0 Å². The van der Waals surface area contributed by atoms with Gasteiger partial charge in [0.15, 0.2) is 0 Å². The van der Waals surface area contributed by atoms with Gasteiger partial charge >= 0.3 is 0 Å². The summed E-state index contributed by atoms with van der Waals surface area (Å²) in [5, 5.41) is 0. The maximum Gasteiger partial charge on any atom is 0.119 e. The Balaban J connectivity index is 2.97. The maximum atomic E-state index is 5.83. The van der Waals surface area contributed by atoms with Crippen LogP contribution in [0.4, 0.5) is 5.69 Å². The molecule has 0 aliphatic rings. The van der Waals surface area contributed by atoms with Gasteiger partial charge in [-0.15, -0.1) is 0 Å². The second kappa shape index (κ2) is 4.17. The van der Waals surface area contributed by atoms with Crippen LogP contribution in [0.25, 0.3) is 0 Å². The highest BCUT2D eigenvalue weighted by molar-refractivity contribution is 5.51. The van der Waals surface area contributed by atoms with E-state index in [9.17, 15) is 0 Å². The molecule has 1 aromatic rings. The molecule has 13 heavy (non-hydrogen) atoms. The summed E-state index contributed by atoms with van der Waals surface area (Å²) in [4.78, 5) is 0. The molecule has 0 saturated heterocycles. The number of rotatable bonds is 3. The van der Waals surface area contributed by atoms with Crippen molar-refractivity contribution in [1.82, 2.24) is 0 Å². The Morgan fingerprint density at radius 3 is 2.62 bits per heavy atom. The monoisotopic (exact) mass is 179 g/mol. The third-order valence-electron chi connectivity index (χ3n) is 1.99. The lowest BCUT2D eigenvalue weighted by Gasteiger charge is -2.11. The lowest BCUT2D eigenvalue weighted by molar-refractivity contribution is 0.340. The molecule has 0 saturated carbocycles. The highest BCUT2D eigenvalue weighted by Gasteiger charge is 2.05. The molecular weight excluding hydrogens is 162 g/mol. The van der Waals surface area contributed by atoms with Crippen LogP contribution < -0.4 is 10.5 Å². The minimum Gasteiger partial charge on any atom is -0.494 e. The van der Waals surface area contributed by atoms with Crippen molar-refractivity contribution in [1.29, 1.82) is 0 Å². The van der Waals surface area contributed by atoms with Gasteiger partial charge in [0.25, 0.3) is 0 Å². The van der Waals surface area contributed by atoms with Gasteiger partial charge in [-0.1, -0.05) is 13.8 Å². The first-order valence-electron chi connectivity index (χ1n) is 4.67. The van der Waals surface area contributed by atoms with E-state index >= 15 is 0 Å². The summed E-state index contributed by atoms with van der Waals surface area (Å²) in [7, 11) is 0. The highest BCUT2D eigenvalue weighted by Crippen LogP contribution is 2.26. The molecule has 2 heteroatoms. The van der Waals surface area contributed by atoms with Crippen LogP contribution in [0.15, 0.2) is 18.2 Å². The van der Waals surface area contributed by atoms with E-state index in [1.807, 2.05) is 25.1 Å². The number of ether oxygens (including phenoxy) is 1. The minimum absolute atomic E-state index is 0.445. The summed E-state index contributed by atoms with van der Waals surface area (Å²) in [6.45, 7) is 6.93. The van der Waals surface area contributed by atoms with Gasteiger partial charge in [0.1, 0.15) is 5.75 Å². The van der Waals surface area contributed by atoms with Crippen LogP contribution in [-0.4, -0.2) is 6.61 Å². The first-order chi connectivity index (χ1) is 6.15. The molecule has 2 nitrogen and oxygen atoms in total. The van der Waals surface area contributed by atoms with Crippen molar-refractivity contribution in [3.05, 3.63) is 23.8 Å². The lowest BCUT2D eigenvalue weighted by Crippen LogP contribution is -1.98. The smallest absolute Gasteiger partial charge is 0.119 e. The summed E-state index contributed by atoms with van der Waals surface area (Å²) >= 11 is 0. The zero-order valence-corrected chi connectivity index (χ0v) is 8.50. The zero-order valence-electron chi connectivity index (χ0n) is 8.50. The standard InChI is InChI=1S/C11H17NO/c1-4-13-9-5-6-11(12)10(7-9)8(2)3/h5-8H,4,12H2,1-3H3. The third kappa shape index (κ3) is 2.38. The molecular formula is C11H17NO. The second-order valence-electron chi connectivity index (χ2n) is 3.38. The third-order valence-corrected chi connectivity index (χ3v) is 1.99. The Morgan fingerprint density at radius 1 is 1.38 bits per heavy atom. The quantitative estimate of drug-likeness (QED) is 0.724. The van der Waals surface area contributed by atoms with Crippen molar-refractivity contribution in [2.45, 2.75) is 26.7 Å². The fraction of sp³-hybridized carbons (Fsp3) is 0.455. The van der Waals surface area contributed by atoms with E-state index in [0.717, 1.165) is 17.0 Å². The first kappa shape index (κ1) is 9.90. The number of hydrogen-bond acceptors (Lipinski definition) is 2. The van der Waals surface area contributed by atoms with E-state index in [2.05, 4.69) is 13.8 Å². The molecule has 0 aliphatic carbocycles. The fourth-order valence-electron chi connectivity index (χ4n) is 1.31. The van der Waals surface area contributed by atoms with E-state index in [1.165, 1.54) is 0 Å². The van der Waals surface area contributed by atoms with Gasteiger partial charge in [-0.25, -0.2) is 0 Å². The molecule has 0 heterocycles. The molecule has 0 radical (unpaired) electrons. The predicted molar refractivity (Wildman–Crippen MR) is 56.1 cm³/mol. The van der Waals surface area contributed by atoms with E-state index < -0.39 is 0 Å². The van der Waals surface area contributed by atoms with Crippen molar-refractivity contribution in [3.8, 4) is 5.75 Å². The van der Waals surface area contributed by atoms with Gasteiger partial charge in [0.2, 0.25) is 0 Å². The van der Waals surface area contributed by atoms with E-state index in [-0.39, 0.29) is 0 Å². The normalized spacial score (nSPS) is 10.5. The van der Waals surface area contributed by atoms with Crippen LogP contribution in [0.2, 0.25) is 0 Å².